The Hall–Kier alpha value is -1.77. The molecule has 0 unspecified atom stereocenters. The molecule has 0 fully saturated rings. The summed E-state index contributed by atoms with van der Waals surface area (Å²) in [6.07, 6.45) is 7.83. The monoisotopic (exact) mass is 244 g/mol. The average molecular weight is 244 g/mol. The van der Waals surface area contributed by atoms with E-state index >= 15 is 0 Å². The fourth-order valence-electron chi connectivity index (χ4n) is 2.02. The van der Waals surface area contributed by atoms with E-state index < -0.39 is 0 Å². The first-order valence-electron chi connectivity index (χ1n) is 6.42. The van der Waals surface area contributed by atoms with Gasteiger partial charge in [-0.2, -0.15) is 0 Å². The summed E-state index contributed by atoms with van der Waals surface area (Å²) in [5, 5.41) is 0. The third kappa shape index (κ3) is 3.36. The molecular formula is C15H20N2O. The minimum atomic E-state index is 0.778. The molecular weight excluding hydrogens is 224 g/mol. The third-order valence-corrected chi connectivity index (χ3v) is 3.03. The molecule has 96 valence electrons. The highest BCUT2D eigenvalue weighted by Gasteiger charge is 2.02. The van der Waals surface area contributed by atoms with Crippen LogP contribution in [0, 0.1) is 13.8 Å². The second-order valence-corrected chi connectivity index (χ2v) is 4.58. The van der Waals surface area contributed by atoms with Crippen molar-refractivity contribution in [3.05, 3.63) is 48.0 Å². The van der Waals surface area contributed by atoms with Crippen molar-refractivity contribution in [1.82, 2.24) is 9.55 Å². The number of hydrogen-bond acceptors (Lipinski definition) is 2. The van der Waals surface area contributed by atoms with Gasteiger partial charge in [-0.3, -0.25) is 0 Å². The van der Waals surface area contributed by atoms with Crippen LogP contribution in [0.1, 0.15) is 24.0 Å². The normalized spacial score (nSPS) is 10.6. The summed E-state index contributed by atoms with van der Waals surface area (Å²) in [5.41, 5.74) is 2.43. The lowest BCUT2D eigenvalue weighted by atomic mass is 10.1. The molecule has 0 spiro atoms. The smallest absolute Gasteiger partial charge is 0.125 e. The molecule has 3 heteroatoms. The van der Waals surface area contributed by atoms with Crippen molar-refractivity contribution >= 4 is 0 Å². The zero-order valence-corrected chi connectivity index (χ0v) is 11.1. The minimum absolute atomic E-state index is 0.778. The van der Waals surface area contributed by atoms with Crippen molar-refractivity contribution in [1.29, 1.82) is 0 Å². The van der Waals surface area contributed by atoms with Gasteiger partial charge in [0.25, 0.3) is 0 Å². The number of hydrogen-bond donors (Lipinski definition) is 0. The van der Waals surface area contributed by atoms with E-state index in [1.54, 1.807) is 0 Å². The number of aryl methyl sites for hydroxylation is 3. The van der Waals surface area contributed by atoms with Gasteiger partial charge in [-0.05, 0) is 37.8 Å². The van der Waals surface area contributed by atoms with Crippen molar-refractivity contribution in [2.24, 2.45) is 0 Å². The first-order chi connectivity index (χ1) is 8.77. The number of para-hydroxylation sites is 1. The topological polar surface area (TPSA) is 27.1 Å². The highest BCUT2D eigenvalue weighted by Crippen LogP contribution is 2.22. The van der Waals surface area contributed by atoms with Gasteiger partial charge >= 0.3 is 0 Å². The molecule has 3 nitrogen and oxygen atoms in total. The van der Waals surface area contributed by atoms with Crippen LogP contribution < -0.4 is 4.74 Å². The Morgan fingerprint density at radius 2 is 1.94 bits per heavy atom. The van der Waals surface area contributed by atoms with Gasteiger partial charge in [-0.1, -0.05) is 18.2 Å². The van der Waals surface area contributed by atoms with Crippen LogP contribution in [-0.4, -0.2) is 16.2 Å². The number of aromatic nitrogens is 2. The summed E-state index contributed by atoms with van der Waals surface area (Å²) in [6.45, 7) is 5.97. The van der Waals surface area contributed by atoms with Crippen LogP contribution in [0.3, 0.4) is 0 Å². The Bertz CT molecular complexity index is 457. The van der Waals surface area contributed by atoms with Gasteiger partial charge < -0.3 is 9.30 Å². The summed E-state index contributed by atoms with van der Waals surface area (Å²) >= 11 is 0. The van der Waals surface area contributed by atoms with Crippen LogP contribution in [0.2, 0.25) is 0 Å². The molecule has 1 aromatic heterocycles. The number of rotatable bonds is 6. The number of imidazole rings is 1. The van der Waals surface area contributed by atoms with E-state index in [2.05, 4.69) is 41.6 Å². The zero-order valence-electron chi connectivity index (χ0n) is 11.1. The van der Waals surface area contributed by atoms with E-state index in [0.29, 0.717) is 0 Å². The Morgan fingerprint density at radius 3 is 2.61 bits per heavy atom. The third-order valence-electron chi connectivity index (χ3n) is 3.03. The maximum absolute atomic E-state index is 5.86. The first-order valence-corrected chi connectivity index (χ1v) is 6.42. The summed E-state index contributed by atoms with van der Waals surface area (Å²) in [7, 11) is 0. The lowest BCUT2D eigenvalue weighted by Gasteiger charge is -2.11. The van der Waals surface area contributed by atoms with Crippen LogP contribution >= 0.6 is 0 Å². The number of nitrogens with zero attached hydrogens (tertiary/aromatic N) is 2. The van der Waals surface area contributed by atoms with Gasteiger partial charge in [-0.25, -0.2) is 4.98 Å². The predicted molar refractivity (Wildman–Crippen MR) is 72.9 cm³/mol. The van der Waals surface area contributed by atoms with Crippen LogP contribution in [0.15, 0.2) is 36.9 Å². The van der Waals surface area contributed by atoms with E-state index in [-0.39, 0.29) is 0 Å². The lowest BCUT2D eigenvalue weighted by molar-refractivity contribution is 0.299. The second kappa shape index (κ2) is 6.24. The van der Waals surface area contributed by atoms with Gasteiger partial charge in [0.2, 0.25) is 0 Å². The average Bonchev–Trinajstić information content (AvgIpc) is 2.85. The predicted octanol–water partition coefficient (Wildman–Crippen LogP) is 3.36. The zero-order chi connectivity index (χ0) is 12.8. The highest BCUT2D eigenvalue weighted by atomic mass is 16.5. The van der Waals surface area contributed by atoms with Crippen LogP contribution in [0.25, 0.3) is 0 Å². The highest BCUT2D eigenvalue weighted by molar-refractivity contribution is 5.39. The Kier molecular flexibility index (Phi) is 4.40. The van der Waals surface area contributed by atoms with Crippen molar-refractivity contribution in [2.45, 2.75) is 33.2 Å². The van der Waals surface area contributed by atoms with Crippen molar-refractivity contribution in [3.8, 4) is 5.75 Å². The number of ether oxygens (including phenoxy) is 1. The molecule has 18 heavy (non-hydrogen) atoms. The van der Waals surface area contributed by atoms with Crippen LogP contribution in [0.5, 0.6) is 5.75 Å². The molecule has 0 aliphatic heterocycles. The van der Waals surface area contributed by atoms with E-state index in [4.69, 9.17) is 4.74 Å². The largest absolute Gasteiger partial charge is 0.493 e. The van der Waals surface area contributed by atoms with E-state index in [9.17, 15) is 0 Å². The van der Waals surface area contributed by atoms with E-state index in [1.807, 2.05) is 18.7 Å². The number of benzene rings is 1. The second-order valence-electron chi connectivity index (χ2n) is 4.58. The van der Waals surface area contributed by atoms with Crippen molar-refractivity contribution in [2.75, 3.05) is 6.61 Å². The molecule has 1 heterocycles. The summed E-state index contributed by atoms with van der Waals surface area (Å²) < 4.78 is 7.96. The Balaban J connectivity index is 1.72. The maximum Gasteiger partial charge on any atom is 0.125 e. The molecule has 2 aromatic rings. The molecule has 0 aliphatic carbocycles. The van der Waals surface area contributed by atoms with Gasteiger partial charge in [0, 0.05) is 18.9 Å². The SMILES string of the molecule is Cc1cccc(C)c1OCCCCn1ccnc1. The molecule has 0 radical (unpaired) electrons. The standard InChI is InChI=1S/C15H20N2O/c1-13-6-5-7-14(2)15(13)18-11-4-3-9-17-10-8-16-12-17/h5-8,10,12H,3-4,9,11H2,1-2H3. The van der Waals surface area contributed by atoms with Gasteiger partial charge in [-0.15, -0.1) is 0 Å². The molecule has 0 aliphatic rings. The summed E-state index contributed by atoms with van der Waals surface area (Å²) in [5.74, 6) is 1.04. The summed E-state index contributed by atoms with van der Waals surface area (Å²) in [4.78, 5) is 4.02. The van der Waals surface area contributed by atoms with Crippen molar-refractivity contribution in [3.63, 3.8) is 0 Å². The molecule has 0 bridgehead atoms. The van der Waals surface area contributed by atoms with Crippen molar-refractivity contribution < 1.29 is 4.74 Å². The van der Waals surface area contributed by atoms with E-state index in [1.165, 1.54) is 11.1 Å². The van der Waals surface area contributed by atoms with Gasteiger partial charge in [0.1, 0.15) is 5.75 Å². The fourth-order valence-corrected chi connectivity index (χ4v) is 2.02. The van der Waals surface area contributed by atoms with Crippen LogP contribution in [0.4, 0.5) is 0 Å². The molecule has 1 aromatic carbocycles. The Morgan fingerprint density at radius 1 is 1.17 bits per heavy atom. The van der Waals surface area contributed by atoms with Gasteiger partial charge in [0.05, 0.1) is 12.9 Å². The molecule has 0 amide bonds. The quantitative estimate of drug-likeness (QED) is 0.728. The fraction of sp³-hybridized carbons (Fsp3) is 0.400. The van der Waals surface area contributed by atoms with E-state index in [0.717, 1.165) is 31.7 Å². The minimum Gasteiger partial charge on any atom is -0.493 e. The molecule has 0 saturated carbocycles. The lowest BCUT2D eigenvalue weighted by Crippen LogP contribution is -2.02. The maximum atomic E-state index is 5.86. The molecule has 0 saturated heterocycles. The molecule has 0 N–H and O–H groups in total. The van der Waals surface area contributed by atoms with Crippen LogP contribution in [-0.2, 0) is 6.54 Å². The Labute approximate surface area is 108 Å². The molecule has 2 rings (SSSR count). The first kappa shape index (κ1) is 12.7. The number of unbranched alkanes of at least 4 members (excludes halogenated alkanes) is 1. The van der Waals surface area contributed by atoms with Gasteiger partial charge in [0.15, 0.2) is 0 Å². The molecule has 0 atom stereocenters. The summed E-state index contributed by atoms with van der Waals surface area (Å²) in [6, 6.07) is 6.25.